The summed E-state index contributed by atoms with van der Waals surface area (Å²) in [5.41, 5.74) is 1.11. The van der Waals surface area contributed by atoms with Crippen LogP contribution in [0, 0.1) is 11.6 Å². The van der Waals surface area contributed by atoms with Gasteiger partial charge in [-0.1, -0.05) is 30.3 Å². The average molecular weight is 283 g/mol. The lowest BCUT2D eigenvalue weighted by atomic mass is 10.1. The van der Waals surface area contributed by atoms with Gasteiger partial charge in [-0.2, -0.15) is 0 Å². The second-order valence-corrected chi connectivity index (χ2v) is 4.58. The van der Waals surface area contributed by atoms with Crippen molar-refractivity contribution in [2.24, 2.45) is 4.99 Å². The van der Waals surface area contributed by atoms with Crippen molar-refractivity contribution < 1.29 is 13.9 Å². The number of benzene rings is 3. The molecule has 21 heavy (non-hydrogen) atoms. The monoisotopic (exact) mass is 283 g/mol. The molecule has 0 unspecified atom stereocenters. The van der Waals surface area contributed by atoms with Crippen LogP contribution in [0.5, 0.6) is 5.75 Å². The van der Waals surface area contributed by atoms with Gasteiger partial charge in [0.05, 0.1) is 5.69 Å². The maximum atomic E-state index is 13.1. The van der Waals surface area contributed by atoms with E-state index in [1.165, 1.54) is 12.3 Å². The second kappa shape index (κ2) is 5.32. The van der Waals surface area contributed by atoms with E-state index >= 15 is 0 Å². The number of fused-ring (bicyclic) bond motifs is 1. The van der Waals surface area contributed by atoms with Gasteiger partial charge in [0.25, 0.3) is 0 Å². The summed E-state index contributed by atoms with van der Waals surface area (Å²) in [5.74, 6) is -1.62. The third-order valence-corrected chi connectivity index (χ3v) is 3.17. The number of halogens is 2. The molecule has 2 nitrogen and oxygen atoms in total. The molecule has 4 heteroatoms. The van der Waals surface area contributed by atoms with Crippen molar-refractivity contribution in [1.29, 1.82) is 0 Å². The molecule has 3 aromatic carbocycles. The minimum Gasteiger partial charge on any atom is -0.507 e. The zero-order chi connectivity index (χ0) is 14.8. The first-order valence-electron chi connectivity index (χ1n) is 6.35. The molecule has 0 aliphatic heterocycles. The molecule has 0 aliphatic carbocycles. The first kappa shape index (κ1) is 13.2. The number of rotatable bonds is 2. The minimum absolute atomic E-state index is 0.178. The highest BCUT2D eigenvalue weighted by Crippen LogP contribution is 2.31. The number of hydrogen-bond donors (Lipinski definition) is 1. The highest BCUT2D eigenvalue weighted by atomic mass is 19.2. The van der Waals surface area contributed by atoms with E-state index in [2.05, 4.69) is 4.99 Å². The number of aliphatic imine (C=N–C) groups is 1. The molecule has 0 heterocycles. The Labute approximate surface area is 120 Å². The predicted molar refractivity (Wildman–Crippen MR) is 79.2 cm³/mol. The lowest BCUT2D eigenvalue weighted by Gasteiger charge is -2.03. The Morgan fingerprint density at radius 1 is 0.857 bits per heavy atom. The fourth-order valence-electron chi connectivity index (χ4n) is 2.13. The Kier molecular flexibility index (Phi) is 3.36. The van der Waals surface area contributed by atoms with E-state index in [0.29, 0.717) is 16.6 Å². The van der Waals surface area contributed by atoms with Gasteiger partial charge in [0, 0.05) is 17.0 Å². The number of phenols is 1. The van der Waals surface area contributed by atoms with E-state index in [9.17, 15) is 13.9 Å². The quantitative estimate of drug-likeness (QED) is 0.686. The fourth-order valence-corrected chi connectivity index (χ4v) is 2.13. The van der Waals surface area contributed by atoms with Crippen LogP contribution >= 0.6 is 0 Å². The highest BCUT2D eigenvalue weighted by molar-refractivity contribution is 5.98. The molecule has 3 aromatic rings. The Morgan fingerprint density at radius 2 is 1.62 bits per heavy atom. The Balaban J connectivity index is 2.03. The number of nitrogens with zero attached hydrogens (tertiary/aromatic N) is 1. The molecule has 0 atom stereocenters. The molecule has 0 amide bonds. The molecule has 0 radical (unpaired) electrons. The third-order valence-electron chi connectivity index (χ3n) is 3.17. The molecular weight excluding hydrogens is 272 g/mol. The van der Waals surface area contributed by atoms with Crippen LogP contribution in [0.3, 0.4) is 0 Å². The SMILES string of the molecule is Oc1cccc2c(N=Cc3ccc(F)c(F)c3)cccc12. The molecular formula is C17H11F2NO. The van der Waals surface area contributed by atoms with Crippen molar-refractivity contribution >= 4 is 22.7 Å². The standard InChI is InChI=1S/C17H11F2NO/c18-14-8-7-11(9-15(14)19)10-20-16-5-1-4-13-12(16)3-2-6-17(13)21/h1-10,21H. The van der Waals surface area contributed by atoms with E-state index in [-0.39, 0.29) is 5.75 Å². The van der Waals surface area contributed by atoms with E-state index in [1.807, 2.05) is 6.07 Å². The van der Waals surface area contributed by atoms with Crippen molar-refractivity contribution in [2.75, 3.05) is 0 Å². The van der Waals surface area contributed by atoms with Crippen molar-refractivity contribution in [3.63, 3.8) is 0 Å². The van der Waals surface area contributed by atoms with Crippen molar-refractivity contribution in [3.8, 4) is 5.75 Å². The highest BCUT2D eigenvalue weighted by Gasteiger charge is 2.03. The summed E-state index contributed by atoms with van der Waals surface area (Å²) in [6, 6.07) is 14.1. The first-order valence-corrected chi connectivity index (χ1v) is 6.35. The van der Waals surface area contributed by atoms with E-state index in [0.717, 1.165) is 17.5 Å². The van der Waals surface area contributed by atoms with Gasteiger partial charge in [-0.25, -0.2) is 8.78 Å². The summed E-state index contributed by atoms with van der Waals surface area (Å²) in [5, 5.41) is 11.3. The number of phenolic OH excluding ortho intramolecular Hbond substituents is 1. The molecule has 3 rings (SSSR count). The maximum Gasteiger partial charge on any atom is 0.159 e. The van der Waals surface area contributed by atoms with Crippen molar-refractivity contribution in [3.05, 3.63) is 71.8 Å². The van der Waals surface area contributed by atoms with Crippen LogP contribution < -0.4 is 0 Å². The maximum absolute atomic E-state index is 13.1. The van der Waals surface area contributed by atoms with Crippen LogP contribution in [-0.4, -0.2) is 11.3 Å². The normalized spacial score (nSPS) is 11.3. The molecule has 1 N–H and O–H groups in total. The Hall–Kier alpha value is -2.75. The summed E-state index contributed by atoms with van der Waals surface area (Å²) < 4.78 is 26.0. The summed E-state index contributed by atoms with van der Waals surface area (Å²) in [6.07, 6.45) is 1.46. The van der Waals surface area contributed by atoms with Gasteiger partial charge in [-0.3, -0.25) is 4.99 Å². The largest absolute Gasteiger partial charge is 0.507 e. The molecule has 0 saturated heterocycles. The number of aromatic hydroxyl groups is 1. The summed E-state index contributed by atoms with van der Waals surface area (Å²) >= 11 is 0. The van der Waals surface area contributed by atoms with Crippen LogP contribution in [0.15, 0.2) is 59.6 Å². The van der Waals surface area contributed by atoms with E-state index < -0.39 is 11.6 Å². The van der Waals surface area contributed by atoms with E-state index in [4.69, 9.17) is 0 Å². The second-order valence-electron chi connectivity index (χ2n) is 4.58. The average Bonchev–Trinajstić information content (AvgIpc) is 2.49. The molecule has 0 bridgehead atoms. The van der Waals surface area contributed by atoms with Crippen molar-refractivity contribution in [1.82, 2.24) is 0 Å². The van der Waals surface area contributed by atoms with Gasteiger partial charge in [0.15, 0.2) is 11.6 Å². The number of hydrogen-bond acceptors (Lipinski definition) is 2. The van der Waals surface area contributed by atoms with Gasteiger partial charge in [-0.15, -0.1) is 0 Å². The topological polar surface area (TPSA) is 32.6 Å². The summed E-state index contributed by atoms with van der Waals surface area (Å²) in [4.78, 5) is 4.29. The van der Waals surface area contributed by atoms with Gasteiger partial charge in [0.2, 0.25) is 0 Å². The van der Waals surface area contributed by atoms with Gasteiger partial charge in [0.1, 0.15) is 5.75 Å². The van der Waals surface area contributed by atoms with Crippen LogP contribution in [0.25, 0.3) is 10.8 Å². The van der Waals surface area contributed by atoms with Crippen LogP contribution in [0.4, 0.5) is 14.5 Å². The molecule has 0 saturated carbocycles. The van der Waals surface area contributed by atoms with Crippen LogP contribution in [0.2, 0.25) is 0 Å². The lowest BCUT2D eigenvalue weighted by molar-refractivity contribution is 0.481. The zero-order valence-electron chi connectivity index (χ0n) is 10.9. The molecule has 0 aliphatic rings. The van der Waals surface area contributed by atoms with Crippen LogP contribution in [0.1, 0.15) is 5.56 Å². The fraction of sp³-hybridized carbons (Fsp3) is 0. The summed E-state index contributed by atoms with van der Waals surface area (Å²) in [6.45, 7) is 0. The predicted octanol–water partition coefficient (Wildman–Crippen LogP) is 4.57. The first-order chi connectivity index (χ1) is 10.1. The molecule has 0 spiro atoms. The Morgan fingerprint density at radius 3 is 2.43 bits per heavy atom. The molecule has 0 fully saturated rings. The van der Waals surface area contributed by atoms with Crippen LogP contribution in [-0.2, 0) is 0 Å². The van der Waals surface area contributed by atoms with Gasteiger partial charge in [-0.05, 0) is 29.8 Å². The van der Waals surface area contributed by atoms with Gasteiger partial charge >= 0.3 is 0 Å². The van der Waals surface area contributed by atoms with E-state index in [1.54, 1.807) is 30.3 Å². The smallest absolute Gasteiger partial charge is 0.159 e. The summed E-state index contributed by atoms with van der Waals surface area (Å²) in [7, 11) is 0. The zero-order valence-corrected chi connectivity index (χ0v) is 10.9. The minimum atomic E-state index is -0.908. The molecule has 0 aromatic heterocycles. The molecule has 104 valence electrons. The third kappa shape index (κ3) is 2.60. The lowest BCUT2D eigenvalue weighted by Crippen LogP contribution is -1.87. The van der Waals surface area contributed by atoms with Crippen molar-refractivity contribution in [2.45, 2.75) is 0 Å². The Bertz CT molecular complexity index is 843. The van der Waals surface area contributed by atoms with Gasteiger partial charge < -0.3 is 5.11 Å².